The van der Waals surface area contributed by atoms with Crippen molar-refractivity contribution in [2.24, 2.45) is 0 Å². The van der Waals surface area contributed by atoms with Gasteiger partial charge in [-0.1, -0.05) is 0 Å². The van der Waals surface area contributed by atoms with E-state index in [-0.39, 0.29) is 31.5 Å². The molecule has 1 spiro atoms. The van der Waals surface area contributed by atoms with Crippen molar-refractivity contribution < 1.29 is 38.7 Å². The molecule has 4 heterocycles. The van der Waals surface area contributed by atoms with Crippen LogP contribution in [0.3, 0.4) is 0 Å². The smallest absolute Gasteiger partial charge is 0.339 e. The zero-order chi connectivity index (χ0) is 32.9. The van der Waals surface area contributed by atoms with Gasteiger partial charge in [-0.05, 0) is 102 Å². The number of hydrogen-bond donors (Lipinski definition) is 2. The van der Waals surface area contributed by atoms with Crippen molar-refractivity contribution in [1.29, 1.82) is 0 Å². The van der Waals surface area contributed by atoms with E-state index in [4.69, 9.17) is 18.9 Å². The van der Waals surface area contributed by atoms with Crippen LogP contribution in [-0.2, 0) is 25.5 Å². The molecular weight excluding hydrogens is 590 g/mol. The molecule has 2 fully saturated rings. The zero-order valence-electron chi connectivity index (χ0n) is 28.0. The fraction of sp³-hybridized carbons (Fsp3) is 0.714. The number of aliphatic hydroxyl groups is 2. The van der Waals surface area contributed by atoms with Gasteiger partial charge in [-0.2, -0.15) is 0 Å². The number of piperazine rings is 1. The Morgan fingerprint density at radius 3 is 2.43 bits per heavy atom. The van der Waals surface area contributed by atoms with E-state index in [1.165, 1.54) is 0 Å². The van der Waals surface area contributed by atoms with Crippen LogP contribution < -0.4 is 9.47 Å². The zero-order valence-corrected chi connectivity index (χ0v) is 28.0. The first-order chi connectivity index (χ1) is 21.8. The summed E-state index contributed by atoms with van der Waals surface area (Å²) in [6.07, 6.45) is 4.33. The van der Waals surface area contributed by atoms with E-state index < -0.39 is 28.8 Å². The van der Waals surface area contributed by atoms with Gasteiger partial charge in [0.05, 0.1) is 30.6 Å². The van der Waals surface area contributed by atoms with Gasteiger partial charge in [-0.15, -0.1) is 0 Å². The number of carbonyl (C=O) groups excluding carboxylic acids is 2. The van der Waals surface area contributed by atoms with E-state index in [0.29, 0.717) is 43.5 Å². The number of methoxy groups -OCH3 is 1. The van der Waals surface area contributed by atoms with E-state index in [1.54, 1.807) is 25.9 Å². The summed E-state index contributed by atoms with van der Waals surface area (Å²) in [7, 11) is 1.59. The highest BCUT2D eigenvalue weighted by Crippen LogP contribution is 2.55. The van der Waals surface area contributed by atoms with Gasteiger partial charge < -0.3 is 34.1 Å². The summed E-state index contributed by atoms with van der Waals surface area (Å²) in [5.41, 5.74) is -1.32. The third-order valence-electron chi connectivity index (χ3n) is 10.8. The molecule has 0 unspecified atom stereocenters. The molecule has 11 heteroatoms. The van der Waals surface area contributed by atoms with E-state index in [1.807, 2.05) is 12.1 Å². The molecule has 1 aromatic rings. The van der Waals surface area contributed by atoms with Crippen LogP contribution in [0.1, 0.15) is 83.3 Å². The predicted octanol–water partition coefficient (Wildman–Crippen LogP) is 2.96. The highest BCUT2D eigenvalue weighted by atomic mass is 16.7. The molecule has 2 N–H and O–H groups in total. The molecule has 1 amide bonds. The van der Waals surface area contributed by atoms with Crippen LogP contribution in [0.15, 0.2) is 24.0 Å². The molecule has 0 saturated carbocycles. The topological polar surface area (TPSA) is 121 Å². The van der Waals surface area contributed by atoms with E-state index in [2.05, 4.69) is 29.7 Å². The monoisotopic (exact) mass is 641 g/mol. The maximum Gasteiger partial charge on any atom is 0.339 e. The normalized spacial score (nSPS) is 27.4. The van der Waals surface area contributed by atoms with Crippen molar-refractivity contribution >= 4 is 11.9 Å². The number of ether oxygens (including phenoxy) is 4. The molecule has 11 nitrogen and oxygen atoms in total. The molecular formula is C35H51N3O8. The number of nitrogens with zero attached hydrogens (tertiary/aromatic N) is 3. The van der Waals surface area contributed by atoms with Gasteiger partial charge >= 0.3 is 5.97 Å². The lowest BCUT2D eigenvalue weighted by Gasteiger charge is -2.40. The summed E-state index contributed by atoms with van der Waals surface area (Å²) in [5, 5.41) is 22.5. The van der Waals surface area contributed by atoms with Crippen LogP contribution in [0.5, 0.6) is 11.5 Å². The van der Waals surface area contributed by atoms with Crippen LogP contribution in [0.2, 0.25) is 0 Å². The average molecular weight is 642 g/mol. The van der Waals surface area contributed by atoms with Crippen molar-refractivity contribution in [3.05, 3.63) is 35.1 Å². The largest absolute Gasteiger partial charge is 0.497 e. The SMILES string of the molecule is COC1=C[C@]23CCCN2CCc2cc4c(cc2[C@@H]3[C@@H]1OC(=O)[C@@](O)(CCCC(C)(C)O)CC(=O)N1CCN(C(C)C)CC1)OCO4. The van der Waals surface area contributed by atoms with Crippen LogP contribution in [0.25, 0.3) is 0 Å². The number of esters is 1. The van der Waals surface area contributed by atoms with Crippen molar-refractivity contribution in [1.82, 2.24) is 14.7 Å². The van der Waals surface area contributed by atoms with Gasteiger partial charge in [-0.3, -0.25) is 14.6 Å². The molecule has 4 atom stereocenters. The lowest BCUT2D eigenvalue weighted by atomic mass is 9.77. The average Bonchev–Trinajstić information content (AvgIpc) is 3.70. The maximum atomic E-state index is 14.3. The van der Waals surface area contributed by atoms with Gasteiger partial charge in [0.15, 0.2) is 23.2 Å². The van der Waals surface area contributed by atoms with Gasteiger partial charge in [0, 0.05) is 38.8 Å². The Morgan fingerprint density at radius 2 is 1.76 bits per heavy atom. The van der Waals surface area contributed by atoms with Crippen LogP contribution in [0, 0.1) is 0 Å². The maximum absolute atomic E-state index is 14.3. The van der Waals surface area contributed by atoms with E-state index in [0.717, 1.165) is 62.3 Å². The Hall–Kier alpha value is -2.86. The first-order valence-electron chi connectivity index (χ1n) is 17.0. The van der Waals surface area contributed by atoms with Gasteiger partial charge in [0.2, 0.25) is 12.7 Å². The lowest BCUT2D eigenvalue weighted by Crippen LogP contribution is -2.53. The Kier molecular flexibility index (Phi) is 9.08. The van der Waals surface area contributed by atoms with Crippen LogP contribution >= 0.6 is 0 Å². The van der Waals surface area contributed by atoms with Crippen molar-refractivity contribution in [3.8, 4) is 11.5 Å². The number of benzene rings is 1. The Balaban J connectivity index is 1.29. The molecule has 2 saturated heterocycles. The van der Waals surface area contributed by atoms with Gasteiger partial charge in [-0.25, -0.2) is 4.79 Å². The number of rotatable bonds is 10. The molecule has 5 aliphatic rings. The molecule has 4 aliphatic heterocycles. The standard InChI is InChI=1S/C35H51N3O8/c1-23(2)36-14-16-37(17-15-36)29(39)21-35(42,11-6-9-33(3,4)41)32(40)46-31-28(43-5)20-34-10-7-12-38(34)13-8-24-18-26-27(45-22-44-26)19-25(24)30(31)34/h18-20,23,30-31,41-42H,6-17,21-22H2,1-5H3/t30-,31-,34+,35-/m1/s1. The van der Waals surface area contributed by atoms with Crippen LogP contribution in [0.4, 0.5) is 0 Å². The lowest BCUT2D eigenvalue weighted by molar-refractivity contribution is -0.177. The number of amides is 1. The second kappa shape index (κ2) is 12.6. The predicted molar refractivity (Wildman–Crippen MR) is 171 cm³/mol. The second-order valence-electron chi connectivity index (χ2n) is 14.7. The number of carbonyl (C=O) groups is 2. The van der Waals surface area contributed by atoms with Crippen molar-refractivity contribution in [3.63, 3.8) is 0 Å². The third kappa shape index (κ3) is 6.23. The summed E-state index contributed by atoms with van der Waals surface area (Å²) in [4.78, 5) is 34.4. The van der Waals surface area contributed by atoms with Crippen molar-refractivity contribution in [2.45, 2.75) is 107 Å². The Bertz CT molecular complexity index is 1350. The molecule has 254 valence electrons. The summed E-state index contributed by atoms with van der Waals surface area (Å²) >= 11 is 0. The third-order valence-corrected chi connectivity index (χ3v) is 10.8. The Morgan fingerprint density at radius 1 is 1.04 bits per heavy atom. The molecule has 1 aliphatic carbocycles. The fourth-order valence-corrected chi connectivity index (χ4v) is 8.25. The van der Waals surface area contributed by atoms with Crippen molar-refractivity contribution in [2.75, 3.05) is 53.2 Å². The van der Waals surface area contributed by atoms with E-state index >= 15 is 0 Å². The number of hydrogen-bond acceptors (Lipinski definition) is 10. The highest BCUT2D eigenvalue weighted by molar-refractivity contribution is 5.88. The first kappa shape index (κ1) is 33.1. The molecule has 6 rings (SSSR count). The minimum atomic E-state index is -2.07. The van der Waals surface area contributed by atoms with Crippen LogP contribution in [-0.4, -0.2) is 119 Å². The van der Waals surface area contributed by atoms with E-state index in [9.17, 15) is 19.8 Å². The number of fused-ring (bicyclic) bond motifs is 3. The van der Waals surface area contributed by atoms with Gasteiger partial charge in [0.25, 0.3) is 0 Å². The Labute approximate surface area is 272 Å². The summed E-state index contributed by atoms with van der Waals surface area (Å²) in [6, 6.07) is 4.45. The first-order valence-corrected chi connectivity index (χ1v) is 17.0. The summed E-state index contributed by atoms with van der Waals surface area (Å²) in [6.45, 7) is 12.2. The molecule has 0 bridgehead atoms. The minimum Gasteiger partial charge on any atom is -0.497 e. The quantitative estimate of drug-likeness (QED) is 0.369. The minimum absolute atomic E-state index is 0.0104. The summed E-state index contributed by atoms with van der Waals surface area (Å²) in [5.74, 6) is 0.536. The second-order valence-corrected chi connectivity index (χ2v) is 14.7. The molecule has 0 aromatic heterocycles. The molecule has 46 heavy (non-hydrogen) atoms. The van der Waals surface area contributed by atoms with Gasteiger partial charge in [0.1, 0.15) is 5.76 Å². The fourth-order valence-electron chi connectivity index (χ4n) is 8.25. The molecule has 0 radical (unpaired) electrons. The summed E-state index contributed by atoms with van der Waals surface area (Å²) < 4.78 is 23.8. The molecule has 1 aromatic carbocycles. The highest BCUT2D eigenvalue weighted by Gasteiger charge is 2.59.